The van der Waals surface area contributed by atoms with Gasteiger partial charge in [0.15, 0.2) is 0 Å². The second kappa shape index (κ2) is 9.18. The van der Waals surface area contributed by atoms with Crippen LogP contribution in [-0.2, 0) is 14.3 Å². The molecule has 0 spiro atoms. The van der Waals surface area contributed by atoms with Gasteiger partial charge in [0.1, 0.15) is 17.9 Å². The quantitative estimate of drug-likeness (QED) is 0.722. The topological polar surface area (TPSA) is 88.2 Å². The van der Waals surface area contributed by atoms with Crippen molar-refractivity contribution in [3.63, 3.8) is 0 Å². The monoisotopic (exact) mass is 423 g/mol. The fraction of sp³-hybridized carbons (Fsp3) is 0.348. The summed E-state index contributed by atoms with van der Waals surface area (Å²) in [4.78, 5) is 40.7. The van der Waals surface area contributed by atoms with Gasteiger partial charge < -0.3 is 19.7 Å². The van der Waals surface area contributed by atoms with Crippen molar-refractivity contribution in [3.05, 3.63) is 60.2 Å². The maximum atomic E-state index is 12.8. The van der Waals surface area contributed by atoms with E-state index >= 15 is 0 Å². The predicted octanol–water partition coefficient (Wildman–Crippen LogP) is 2.50. The van der Waals surface area contributed by atoms with Crippen molar-refractivity contribution in [1.82, 2.24) is 10.2 Å². The molecule has 2 heterocycles. The summed E-state index contributed by atoms with van der Waals surface area (Å²) in [5, 5.41) is 2.68. The fourth-order valence-corrected chi connectivity index (χ4v) is 3.87. The summed E-state index contributed by atoms with van der Waals surface area (Å²) in [6.45, 7) is 1.46. The lowest BCUT2D eigenvalue weighted by atomic mass is 10.1. The van der Waals surface area contributed by atoms with Gasteiger partial charge in [0.25, 0.3) is 5.91 Å². The van der Waals surface area contributed by atoms with Gasteiger partial charge >= 0.3 is 6.03 Å². The van der Waals surface area contributed by atoms with Gasteiger partial charge in [-0.25, -0.2) is 9.69 Å². The van der Waals surface area contributed by atoms with Gasteiger partial charge in [-0.15, -0.1) is 0 Å². The average molecular weight is 423 g/mol. The first-order chi connectivity index (χ1) is 15.1. The molecule has 31 heavy (non-hydrogen) atoms. The minimum Gasteiger partial charge on any atom is -0.497 e. The number of carbonyl (C=O) groups excluding carboxylic acids is 3. The van der Waals surface area contributed by atoms with Gasteiger partial charge in [-0.2, -0.15) is 0 Å². The lowest BCUT2D eigenvalue weighted by Gasteiger charge is -2.33. The van der Waals surface area contributed by atoms with E-state index in [4.69, 9.17) is 9.47 Å². The molecule has 2 atom stereocenters. The maximum absolute atomic E-state index is 12.8. The lowest BCUT2D eigenvalue weighted by Crippen LogP contribution is -2.43. The van der Waals surface area contributed by atoms with E-state index in [9.17, 15) is 14.4 Å². The van der Waals surface area contributed by atoms with E-state index in [1.54, 1.807) is 36.3 Å². The van der Waals surface area contributed by atoms with Gasteiger partial charge in [-0.05, 0) is 36.2 Å². The first-order valence-corrected chi connectivity index (χ1v) is 10.3. The van der Waals surface area contributed by atoms with Crippen LogP contribution < -0.4 is 15.0 Å². The molecular weight excluding hydrogens is 398 g/mol. The van der Waals surface area contributed by atoms with Crippen LogP contribution in [0, 0.1) is 0 Å². The largest absolute Gasteiger partial charge is 0.497 e. The molecule has 2 fully saturated rings. The number of morpholine rings is 1. The Kier molecular flexibility index (Phi) is 6.18. The molecule has 4 amide bonds. The second-order valence-corrected chi connectivity index (χ2v) is 7.52. The smallest absolute Gasteiger partial charge is 0.329 e. The summed E-state index contributed by atoms with van der Waals surface area (Å²) in [5.41, 5.74) is 1.50. The number of hydrogen-bond acceptors (Lipinski definition) is 5. The van der Waals surface area contributed by atoms with Crippen LogP contribution in [-0.4, -0.2) is 55.6 Å². The highest BCUT2D eigenvalue weighted by Crippen LogP contribution is 2.25. The summed E-state index contributed by atoms with van der Waals surface area (Å²) in [7, 11) is 1.55. The maximum Gasteiger partial charge on any atom is 0.329 e. The predicted molar refractivity (Wildman–Crippen MR) is 114 cm³/mol. The number of urea groups is 1. The van der Waals surface area contributed by atoms with Crippen LogP contribution in [0.4, 0.5) is 10.5 Å². The molecule has 2 aromatic carbocycles. The third kappa shape index (κ3) is 4.54. The second-order valence-electron chi connectivity index (χ2n) is 7.52. The molecule has 2 aromatic rings. The minimum absolute atomic E-state index is 0.0471. The van der Waals surface area contributed by atoms with E-state index in [1.807, 2.05) is 30.3 Å². The number of methoxy groups -OCH3 is 1. The van der Waals surface area contributed by atoms with Crippen molar-refractivity contribution in [3.8, 4) is 5.75 Å². The Hall–Kier alpha value is -3.39. The number of carbonyl (C=O) groups is 3. The Morgan fingerprint density at radius 3 is 2.58 bits per heavy atom. The number of benzene rings is 2. The number of nitrogens with zero attached hydrogens (tertiary/aromatic N) is 2. The highest BCUT2D eigenvalue weighted by atomic mass is 16.5. The fourth-order valence-electron chi connectivity index (χ4n) is 3.87. The third-order valence-corrected chi connectivity index (χ3v) is 5.59. The number of imide groups is 1. The van der Waals surface area contributed by atoms with E-state index in [0.717, 1.165) is 10.5 Å². The zero-order valence-electron chi connectivity index (χ0n) is 17.3. The minimum atomic E-state index is -0.718. The third-order valence-electron chi connectivity index (χ3n) is 5.59. The van der Waals surface area contributed by atoms with Gasteiger partial charge in [0.2, 0.25) is 5.91 Å². The van der Waals surface area contributed by atoms with E-state index in [2.05, 4.69) is 5.32 Å². The number of nitrogens with one attached hydrogen (secondary N) is 1. The number of rotatable bonds is 6. The molecule has 8 nitrogen and oxygen atoms in total. The van der Waals surface area contributed by atoms with Crippen LogP contribution in [0.5, 0.6) is 5.75 Å². The molecule has 2 aliphatic heterocycles. The lowest BCUT2D eigenvalue weighted by molar-refractivity contribution is -0.139. The van der Waals surface area contributed by atoms with Gasteiger partial charge in [0, 0.05) is 13.0 Å². The average Bonchev–Trinajstić information content (AvgIpc) is 3.11. The first-order valence-electron chi connectivity index (χ1n) is 10.3. The molecule has 162 valence electrons. The molecule has 8 heteroatoms. The van der Waals surface area contributed by atoms with Gasteiger partial charge in [0.05, 0.1) is 25.9 Å². The summed E-state index contributed by atoms with van der Waals surface area (Å²) in [5.74, 6) is 0.235. The summed E-state index contributed by atoms with van der Waals surface area (Å²) in [6.07, 6.45) is 0.273. The zero-order chi connectivity index (χ0) is 21.8. The Morgan fingerprint density at radius 1 is 1.13 bits per heavy atom. The van der Waals surface area contributed by atoms with Crippen molar-refractivity contribution in [2.24, 2.45) is 0 Å². The van der Waals surface area contributed by atoms with Crippen molar-refractivity contribution in [1.29, 1.82) is 0 Å². The Bertz CT molecular complexity index is 947. The highest BCUT2D eigenvalue weighted by molar-refractivity contribution is 6.21. The van der Waals surface area contributed by atoms with Crippen LogP contribution in [0.25, 0.3) is 0 Å². The van der Waals surface area contributed by atoms with Crippen molar-refractivity contribution < 1.29 is 23.9 Å². The zero-order valence-corrected chi connectivity index (χ0v) is 17.3. The molecule has 2 saturated heterocycles. The Morgan fingerprint density at radius 2 is 1.87 bits per heavy atom. The Labute approximate surface area is 180 Å². The summed E-state index contributed by atoms with van der Waals surface area (Å²) in [6, 6.07) is 15.3. The van der Waals surface area contributed by atoms with Crippen LogP contribution in [0.15, 0.2) is 54.6 Å². The van der Waals surface area contributed by atoms with Crippen LogP contribution in [0.1, 0.15) is 24.5 Å². The van der Waals surface area contributed by atoms with E-state index in [0.29, 0.717) is 31.1 Å². The van der Waals surface area contributed by atoms with Crippen LogP contribution >= 0.6 is 0 Å². The van der Waals surface area contributed by atoms with E-state index in [-0.39, 0.29) is 30.8 Å². The number of anilines is 1. The molecule has 0 saturated carbocycles. The number of hydrogen-bond donors (Lipinski definition) is 1. The normalized spacial score (nSPS) is 21.2. The first kappa shape index (κ1) is 20.9. The molecule has 1 N–H and O–H groups in total. The molecule has 0 aromatic heterocycles. The number of amides is 4. The molecule has 0 aliphatic carbocycles. The van der Waals surface area contributed by atoms with E-state index < -0.39 is 12.1 Å². The highest BCUT2D eigenvalue weighted by Gasteiger charge is 2.39. The van der Waals surface area contributed by atoms with Crippen LogP contribution in [0.3, 0.4) is 0 Å². The van der Waals surface area contributed by atoms with Crippen molar-refractivity contribution >= 4 is 23.5 Å². The van der Waals surface area contributed by atoms with Crippen molar-refractivity contribution in [2.45, 2.75) is 25.0 Å². The SMILES string of the molecule is COc1ccc(N2C(=O)N[C@@H](CCC(=O)N3CCO[C@@H](c4ccccc4)C3)C2=O)cc1. The van der Waals surface area contributed by atoms with Crippen LogP contribution in [0.2, 0.25) is 0 Å². The molecule has 0 radical (unpaired) electrons. The van der Waals surface area contributed by atoms with Crippen molar-refractivity contribution in [2.75, 3.05) is 31.7 Å². The van der Waals surface area contributed by atoms with Gasteiger partial charge in [-0.3, -0.25) is 9.59 Å². The van der Waals surface area contributed by atoms with E-state index in [1.165, 1.54) is 0 Å². The van der Waals surface area contributed by atoms with Gasteiger partial charge in [-0.1, -0.05) is 30.3 Å². The molecule has 4 rings (SSSR count). The molecule has 0 unspecified atom stereocenters. The molecule has 0 bridgehead atoms. The summed E-state index contributed by atoms with van der Waals surface area (Å²) < 4.78 is 10.9. The molecular formula is C23H25N3O5. The number of ether oxygens (including phenoxy) is 2. The molecule has 2 aliphatic rings. The summed E-state index contributed by atoms with van der Waals surface area (Å²) >= 11 is 0. The Balaban J connectivity index is 1.34. The standard InChI is InChI=1S/C23H25N3O5/c1-30-18-9-7-17(8-10-18)26-22(28)19(24-23(26)29)11-12-21(27)25-13-14-31-20(15-25)16-5-3-2-4-6-16/h2-10,19-20H,11-15H2,1H3,(H,24,29)/t19-,20+/m0/s1.